The summed E-state index contributed by atoms with van der Waals surface area (Å²) in [5.41, 5.74) is 3.52. The third kappa shape index (κ3) is 4.64. The molecule has 0 unspecified atom stereocenters. The molecule has 1 aliphatic rings. The van der Waals surface area contributed by atoms with Gasteiger partial charge in [0.2, 0.25) is 0 Å². The molecule has 0 radical (unpaired) electrons. The predicted octanol–water partition coefficient (Wildman–Crippen LogP) is 4.09. The van der Waals surface area contributed by atoms with Gasteiger partial charge < -0.3 is 19.7 Å². The SMILES string of the molecule is C=Cc1n[nH]c2ccc(OCc3cc(N4CCOCC4)cc(Nc4ncc(C#N)s4)n3)cc12. The summed E-state index contributed by atoms with van der Waals surface area (Å²) in [6.45, 7) is 7.08. The molecule has 166 valence electrons. The molecular weight excluding hydrogens is 438 g/mol. The van der Waals surface area contributed by atoms with E-state index in [1.54, 1.807) is 12.3 Å². The van der Waals surface area contributed by atoms with E-state index in [0.717, 1.165) is 46.8 Å². The number of nitrogens with zero attached hydrogens (tertiary/aromatic N) is 5. The van der Waals surface area contributed by atoms with Gasteiger partial charge in [-0.05, 0) is 30.3 Å². The van der Waals surface area contributed by atoms with Crippen LogP contribution in [0.25, 0.3) is 17.0 Å². The monoisotopic (exact) mass is 459 g/mol. The van der Waals surface area contributed by atoms with Crippen LogP contribution in [0.5, 0.6) is 5.75 Å². The van der Waals surface area contributed by atoms with Crippen LogP contribution in [0.3, 0.4) is 0 Å². The summed E-state index contributed by atoms with van der Waals surface area (Å²) in [6, 6.07) is 11.9. The number of pyridine rings is 1. The Morgan fingerprint density at radius 3 is 2.97 bits per heavy atom. The highest BCUT2D eigenvalue weighted by Crippen LogP contribution is 2.27. The van der Waals surface area contributed by atoms with E-state index in [0.29, 0.717) is 35.6 Å². The second-order valence-corrected chi connectivity index (χ2v) is 8.41. The first kappa shape index (κ1) is 20.9. The number of nitriles is 1. The van der Waals surface area contributed by atoms with Crippen molar-refractivity contribution in [3.05, 3.63) is 59.4 Å². The number of anilines is 3. The maximum atomic E-state index is 9.07. The van der Waals surface area contributed by atoms with Crippen LogP contribution in [0.15, 0.2) is 43.1 Å². The molecule has 1 aliphatic heterocycles. The minimum absolute atomic E-state index is 0.293. The number of nitrogens with one attached hydrogen (secondary N) is 2. The van der Waals surface area contributed by atoms with Crippen LogP contribution in [0.1, 0.15) is 16.3 Å². The summed E-state index contributed by atoms with van der Waals surface area (Å²) in [5, 5.41) is 21.1. The molecule has 0 bridgehead atoms. The summed E-state index contributed by atoms with van der Waals surface area (Å²) in [6.07, 6.45) is 3.26. The summed E-state index contributed by atoms with van der Waals surface area (Å²) in [7, 11) is 0. The first-order valence-electron chi connectivity index (χ1n) is 10.4. The van der Waals surface area contributed by atoms with Gasteiger partial charge in [0.1, 0.15) is 29.1 Å². The van der Waals surface area contributed by atoms with E-state index in [9.17, 15) is 0 Å². The van der Waals surface area contributed by atoms with Crippen molar-refractivity contribution in [3.63, 3.8) is 0 Å². The number of thiazole rings is 1. The normalized spacial score (nSPS) is 13.6. The van der Waals surface area contributed by atoms with Gasteiger partial charge in [-0.15, -0.1) is 0 Å². The van der Waals surface area contributed by atoms with Crippen molar-refractivity contribution in [1.29, 1.82) is 5.26 Å². The van der Waals surface area contributed by atoms with Crippen LogP contribution in [0.2, 0.25) is 0 Å². The number of benzene rings is 1. The molecule has 1 fully saturated rings. The molecule has 3 aromatic heterocycles. The van der Waals surface area contributed by atoms with Crippen molar-refractivity contribution in [2.45, 2.75) is 6.61 Å². The molecule has 0 spiro atoms. The van der Waals surface area contributed by atoms with E-state index < -0.39 is 0 Å². The van der Waals surface area contributed by atoms with Crippen molar-refractivity contribution < 1.29 is 9.47 Å². The number of fused-ring (bicyclic) bond motifs is 1. The lowest BCUT2D eigenvalue weighted by atomic mass is 10.2. The maximum absolute atomic E-state index is 9.07. The average molecular weight is 460 g/mol. The number of H-pyrrole nitrogens is 1. The van der Waals surface area contributed by atoms with Crippen molar-refractivity contribution in [2.24, 2.45) is 0 Å². The van der Waals surface area contributed by atoms with Gasteiger partial charge in [0.05, 0.1) is 36.3 Å². The largest absolute Gasteiger partial charge is 0.487 e. The topological polar surface area (TPSA) is 112 Å². The molecule has 1 aromatic carbocycles. The second-order valence-electron chi connectivity index (χ2n) is 7.38. The van der Waals surface area contributed by atoms with E-state index in [4.69, 9.17) is 19.7 Å². The number of aromatic nitrogens is 4. The lowest BCUT2D eigenvalue weighted by Crippen LogP contribution is -2.36. The molecule has 0 atom stereocenters. The second kappa shape index (κ2) is 9.28. The van der Waals surface area contributed by atoms with E-state index in [2.05, 4.69) is 38.0 Å². The van der Waals surface area contributed by atoms with E-state index in [1.807, 2.05) is 30.3 Å². The minimum atomic E-state index is 0.293. The standard InChI is InChI=1S/C23H21N7O2S/c1-2-20-19-11-17(3-4-21(19)29-28-20)32-14-15-9-16(30-5-7-31-8-6-30)10-22(26-15)27-23-25-13-18(12-24)33-23/h2-4,9-11,13H,1,5-8,14H2,(H,28,29)(H,25,26,27). The fraction of sp³-hybridized carbons (Fsp3) is 0.217. The zero-order valence-corrected chi connectivity index (χ0v) is 18.6. The molecule has 4 aromatic rings. The van der Waals surface area contributed by atoms with Crippen LogP contribution in [0, 0.1) is 11.3 Å². The molecule has 4 heterocycles. The van der Waals surface area contributed by atoms with Crippen LogP contribution >= 0.6 is 11.3 Å². The molecule has 33 heavy (non-hydrogen) atoms. The van der Waals surface area contributed by atoms with Gasteiger partial charge in [0.15, 0.2) is 5.13 Å². The Morgan fingerprint density at radius 2 is 2.18 bits per heavy atom. The fourth-order valence-electron chi connectivity index (χ4n) is 3.62. The smallest absolute Gasteiger partial charge is 0.189 e. The molecule has 1 saturated heterocycles. The quantitative estimate of drug-likeness (QED) is 0.425. The molecule has 5 rings (SSSR count). The Morgan fingerprint density at radius 1 is 1.30 bits per heavy atom. The molecule has 0 amide bonds. The number of rotatable bonds is 7. The van der Waals surface area contributed by atoms with Crippen molar-refractivity contribution in [3.8, 4) is 11.8 Å². The number of ether oxygens (including phenoxy) is 2. The zero-order valence-electron chi connectivity index (χ0n) is 17.7. The fourth-order valence-corrected chi connectivity index (χ4v) is 4.24. The van der Waals surface area contributed by atoms with Gasteiger partial charge in [0, 0.05) is 30.2 Å². The predicted molar refractivity (Wildman–Crippen MR) is 128 cm³/mol. The van der Waals surface area contributed by atoms with E-state index >= 15 is 0 Å². The molecule has 0 saturated carbocycles. The highest BCUT2D eigenvalue weighted by atomic mass is 32.1. The number of aromatic amines is 1. The first-order valence-corrected chi connectivity index (χ1v) is 11.2. The molecule has 10 heteroatoms. The third-order valence-electron chi connectivity index (χ3n) is 5.23. The van der Waals surface area contributed by atoms with Gasteiger partial charge in [-0.25, -0.2) is 9.97 Å². The molecule has 9 nitrogen and oxygen atoms in total. The van der Waals surface area contributed by atoms with Gasteiger partial charge in [-0.1, -0.05) is 17.9 Å². The van der Waals surface area contributed by atoms with Crippen LogP contribution in [-0.4, -0.2) is 46.5 Å². The summed E-state index contributed by atoms with van der Waals surface area (Å²) >= 11 is 1.29. The highest BCUT2D eigenvalue weighted by Gasteiger charge is 2.15. The van der Waals surface area contributed by atoms with Crippen molar-refractivity contribution in [1.82, 2.24) is 20.2 Å². The average Bonchev–Trinajstić information content (AvgIpc) is 3.49. The van der Waals surface area contributed by atoms with Crippen LogP contribution < -0.4 is 15.0 Å². The zero-order chi connectivity index (χ0) is 22.6. The van der Waals surface area contributed by atoms with Crippen LogP contribution in [-0.2, 0) is 11.3 Å². The Labute approximate surface area is 194 Å². The first-order chi connectivity index (χ1) is 16.2. The van der Waals surface area contributed by atoms with Gasteiger partial charge >= 0.3 is 0 Å². The maximum Gasteiger partial charge on any atom is 0.189 e. The van der Waals surface area contributed by atoms with E-state index in [1.165, 1.54) is 11.3 Å². The Hall–Kier alpha value is -3.94. The Balaban J connectivity index is 1.40. The number of morpholine rings is 1. The van der Waals surface area contributed by atoms with Gasteiger partial charge in [0.25, 0.3) is 0 Å². The summed E-state index contributed by atoms with van der Waals surface area (Å²) in [5.74, 6) is 1.37. The molecule has 2 N–H and O–H groups in total. The number of hydrogen-bond donors (Lipinski definition) is 2. The molecular formula is C23H21N7O2S. The van der Waals surface area contributed by atoms with Gasteiger partial charge in [-0.2, -0.15) is 10.4 Å². The summed E-state index contributed by atoms with van der Waals surface area (Å²) in [4.78, 5) is 11.8. The van der Waals surface area contributed by atoms with Crippen LogP contribution in [0.4, 0.5) is 16.6 Å². The third-order valence-corrected chi connectivity index (χ3v) is 6.05. The van der Waals surface area contributed by atoms with Crippen molar-refractivity contribution >= 4 is 45.0 Å². The highest BCUT2D eigenvalue weighted by molar-refractivity contribution is 7.16. The van der Waals surface area contributed by atoms with Gasteiger partial charge in [-0.3, -0.25) is 5.10 Å². The lowest BCUT2D eigenvalue weighted by Gasteiger charge is -2.29. The Bertz CT molecular complexity index is 1330. The molecule has 0 aliphatic carbocycles. The number of hydrogen-bond acceptors (Lipinski definition) is 9. The summed E-state index contributed by atoms with van der Waals surface area (Å²) < 4.78 is 11.6. The van der Waals surface area contributed by atoms with E-state index in [-0.39, 0.29) is 0 Å². The lowest BCUT2D eigenvalue weighted by molar-refractivity contribution is 0.122. The van der Waals surface area contributed by atoms with Crippen molar-refractivity contribution in [2.75, 3.05) is 36.5 Å². The minimum Gasteiger partial charge on any atom is -0.487 e. The Kier molecular flexibility index (Phi) is 5.89.